The predicted molar refractivity (Wildman–Crippen MR) is 108 cm³/mol. The van der Waals surface area contributed by atoms with Crippen molar-refractivity contribution >= 4 is 23.6 Å². The predicted octanol–water partition coefficient (Wildman–Crippen LogP) is 0.710. The van der Waals surface area contributed by atoms with Crippen molar-refractivity contribution in [1.82, 2.24) is 20.9 Å². The van der Waals surface area contributed by atoms with E-state index >= 15 is 0 Å². The topological polar surface area (TPSA) is 108 Å². The lowest BCUT2D eigenvalue weighted by molar-refractivity contribution is -0.136. The molecule has 0 radical (unpaired) electrons. The lowest BCUT2D eigenvalue weighted by atomic mass is 9.67. The highest BCUT2D eigenvalue weighted by Gasteiger charge is 2.46. The van der Waals surface area contributed by atoms with Crippen LogP contribution in [-0.4, -0.2) is 53.7 Å². The van der Waals surface area contributed by atoms with Crippen molar-refractivity contribution in [3.8, 4) is 0 Å². The number of carbonyl (C=O) groups is 4. The molecule has 2 atom stereocenters. The third-order valence-electron chi connectivity index (χ3n) is 7.12. The van der Waals surface area contributed by atoms with Gasteiger partial charge in [0.15, 0.2) is 0 Å². The first-order valence-electron chi connectivity index (χ1n) is 10.8. The first kappa shape index (κ1) is 19.4. The van der Waals surface area contributed by atoms with Crippen molar-refractivity contribution in [2.24, 2.45) is 5.41 Å². The molecule has 4 amide bonds. The van der Waals surface area contributed by atoms with Gasteiger partial charge >= 0.3 is 0 Å². The molecule has 3 N–H and O–H groups in total. The van der Waals surface area contributed by atoms with Crippen molar-refractivity contribution in [2.45, 2.75) is 57.2 Å². The largest absolute Gasteiger partial charge is 0.312 e. The number of hydrogen-bond acceptors (Lipinski definition) is 6. The first-order valence-corrected chi connectivity index (χ1v) is 10.8. The number of carbonyl (C=O) groups excluding carboxylic acids is 4. The van der Waals surface area contributed by atoms with Gasteiger partial charge in [0.25, 0.3) is 11.8 Å². The molecule has 8 nitrogen and oxygen atoms in total. The van der Waals surface area contributed by atoms with Crippen LogP contribution in [0.2, 0.25) is 0 Å². The van der Waals surface area contributed by atoms with Crippen LogP contribution in [0.1, 0.15) is 64.8 Å². The molecule has 3 fully saturated rings. The maximum absolute atomic E-state index is 13.1. The molecule has 0 aromatic heterocycles. The fraction of sp³-hybridized carbons (Fsp3) is 0.545. The summed E-state index contributed by atoms with van der Waals surface area (Å²) in [6.45, 7) is 2.38. The van der Waals surface area contributed by atoms with Gasteiger partial charge in [0.1, 0.15) is 6.04 Å². The summed E-state index contributed by atoms with van der Waals surface area (Å²) in [4.78, 5) is 50.7. The summed E-state index contributed by atoms with van der Waals surface area (Å²) in [6.07, 6.45) is 5.43. The van der Waals surface area contributed by atoms with Gasteiger partial charge in [-0.2, -0.15) is 0 Å². The van der Waals surface area contributed by atoms with Crippen LogP contribution >= 0.6 is 0 Å². The molecule has 1 aliphatic carbocycles. The lowest BCUT2D eigenvalue weighted by Crippen LogP contribution is -2.54. The fourth-order valence-electron chi connectivity index (χ4n) is 5.34. The molecule has 3 aliphatic heterocycles. The van der Waals surface area contributed by atoms with Crippen LogP contribution in [0.15, 0.2) is 18.2 Å². The highest BCUT2D eigenvalue weighted by molar-refractivity contribution is 6.24. The molecule has 1 spiro atoms. The summed E-state index contributed by atoms with van der Waals surface area (Å²) in [5.74, 6) is -1.87. The normalized spacial score (nSPS) is 27.4. The van der Waals surface area contributed by atoms with Crippen molar-refractivity contribution in [3.63, 3.8) is 0 Å². The smallest absolute Gasteiger partial charge is 0.262 e. The second-order valence-electron chi connectivity index (χ2n) is 9.05. The molecule has 158 valence electrons. The summed E-state index contributed by atoms with van der Waals surface area (Å²) in [6, 6.07) is 4.74. The van der Waals surface area contributed by atoms with Crippen LogP contribution in [-0.2, 0) is 16.1 Å². The molecule has 2 saturated heterocycles. The van der Waals surface area contributed by atoms with E-state index in [2.05, 4.69) is 16.0 Å². The van der Waals surface area contributed by atoms with Crippen LogP contribution in [0.25, 0.3) is 0 Å². The first-order chi connectivity index (χ1) is 14.5. The van der Waals surface area contributed by atoms with Crippen LogP contribution in [0, 0.1) is 5.41 Å². The Kier molecular flexibility index (Phi) is 4.71. The van der Waals surface area contributed by atoms with Gasteiger partial charge in [-0.15, -0.1) is 0 Å². The molecule has 1 aromatic carbocycles. The third kappa shape index (κ3) is 3.15. The van der Waals surface area contributed by atoms with E-state index in [9.17, 15) is 19.2 Å². The van der Waals surface area contributed by atoms with Gasteiger partial charge in [0.2, 0.25) is 11.8 Å². The van der Waals surface area contributed by atoms with Gasteiger partial charge in [-0.05, 0) is 42.7 Å². The Labute approximate surface area is 174 Å². The van der Waals surface area contributed by atoms with E-state index in [0.29, 0.717) is 29.1 Å². The van der Waals surface area contributed by atoms with Crippen LogP contribution in [0.4, 0.5) is 0 Å². The van der Waals surface area contributed by atoms with Gasteiger partial charge in [0.05, 0.1) is 11.1 Å². The molecule has 2 unspecified atom stereocenters. The summed E-state index contributed by atoms with van der Waals surface area (Å²) >= 11 is 0. The number of benzene rings is 1. The van der Waals surface area contributed by atoms with Gasteiger partial charge in [-0.25, -0.2) is 0 Å². The molecule has 3 heterocycles. The molecule has 1 saturated carbocycles. The molecule has 8 heteroatoms. The minimum atomic E-state index is -0.933. The van der Waals surface area contributed by atoms with E-state index < -0.39 is 23.8 Å². The Morgan fingerprint density at radius 3 is 2.67 bits per heavy atom. The van der Waals surface area contributed by atoms with Crippen molar-refractivity contribution in [1.29, 1.82) is 0 Å². The highest BCUT2D eigenvalue weighted by Crippen LogP contribution is 2.47. The molecule has 5 rings (SSSR count). The van der Waals surface area contributed by atoms with Crippen molar-refractivity contribution in [3.05, 3.63) is 34.9 Å². The zero-order valence-corrected chi connectivity index (χ0v) is 16.8. The van der Waals surface area contributed by atoms with Crippen molar-refractivity contribution in [2.75, 3.05) is 13.1 Å². The van der Waals surface area contributed by atoms with Crippen molar-refractivity contribution < 1.29 is 19.2 Å². The Balaban J connectivity index is 1.27. The van der Waals surface area contributed by atoms with E-state index in [-0.39, 0.29) is 18.7 Å². The Bertz CT molecular complexity index is 939. The summed E-state index contributed by atoms with van der Waals surface area (Å²) < 4.78 is 0. The number of hydrogen-bond donors (Lipinski definition) is 3. The monoisotopic (exact) mass is 410 g/mol. The Hall–Kier alpha value is -2.58. The molecule has 4 aliphatic rings. The van der Waals surface area contributed by atoms with Crippen LogP contribution < -0.4 is 16.0 Å². The molecule has 0 bridgehead atoms. The molecule has 30 heavy (non-hydrogen) atoms. The van der Waals surface area contributed by atoms with Gasteiger partial charge in [-0.3, -0.25) is 29.4 Å². The summed E-state index contributed by atoms with van der Waals surface area (Å²) in [5.41, 5.74) is 1.97. The highest BCUT2D eigenvalue weighted by atomic mass is 16.2. The zero-order valence-electron chi connectivity index (χ0n) is 16.8. The number of nitrogens with one attached hydrogen (secondary N) is 3. The number of imide groups is 2. The number of piperidine rings is 1. The maximum atomic E-state index is 13.1. The van der Waals surface area contributed by atoms with Crippen LogP contribution in [0.5, 0.6) is 0 Å². The number of nitrogens with zero attached hydrogens (tertiary/aromatic N) is 1. The van der Waals surface area contributed by atoms with E-state index in [1.54, 1.807) is 12.1 Å². The van der Waals surface area contributed by atoms with E-state index in [4.69, 9.17) is 0 Å². The van der Waals surface area contributed by atoms with E-state index in [0.717, 1.165) is 23.6 Å². The quantitative estimate of drug-likeness (QED) is 0.617. The van der Waals surface area contributed by atoms with Crippen LogP contribution in [0.3, 0.4) is 0 Å². The molecule has 1 aromatic rings. The molecular formula is C22H26N4O4. The van der Waals surface area contributed by atoms with E-state index in [1.807, 2.05) is 6.07 Å². The van der Waals surface area contributed by atoms with Gasteiger partial charge in [-0.1, -0.05) is 18.6 Å². The average molecular weight is 410 g/mol. The Morgan fingerprint density at radius 2 is 1.97 bits per heavy atom. The third-order valence-corrected chi connectivity index (χ3v) is 7.12. The Morgan fingerprint density at radius 1 is 1.13 bits per heavy atom. The SMILES string of the molecule is O=C1CCC(N2C(=O)c3cccc(CNCC4CC5(CCC5)CN4)c3C2=O)C(=O)N1. The molecular weight excluding hydrogens is 384 g/mol. The lowest BCUT2D eigenvalue weighted by Gasteiger charge is -2.37. The van der Waals surface area contributed by atoms with Gasteiger partial charge in [0, 0.05) is 32.1 Å². The standard InChI is InChI=1S/C22H26N4O4/c27-17-6-5-16(19(28)25-17)26-20(29)15-4-1-3-13(18(15)21(26)30)10-23-11-14-9-22(12-24-14)7-2-8-22/h1,3-4,14,16,23-24H,2,5-12H2,(H,25,27,28). The minimum absolute atomic E-state index is 0.119. The summed E-state index contributed by atoms with van der Waals surface area (Å²) in [7, 11) is 0. The minimum Gasteiger partial charge on any atom is -0.312 e. The summed E-state index contributed by atoms with van der Waals surface area (Å²) in [5, 5.41) is 9.26. The number of rotatable bonds is 5. The zero-order chi connectivity index (χ0) is 20.9. The van der Waals surface area contributed by atoms with E-state index in [1.165, 1.54) is 25.7 Å². The second kappa shape index (κ2) is 7.28. The van der Waals surface area contributed by atoms with Gasteiger partial charge < -0.3 is 10.6 Å². The number of amides is 4. The maximum Gasteiger partial charge on any atom is 0.262 e. The second-order valence-corrected chi connectivity index (χ2v) is 9.05. The average Bonchev–Trinajstić information content (AvgIpc) is 3.24. The number of fused-ring (bicyclic) bond motifs is 1. The fourth-order valence-corrected chi connectivity index (χ4v) is 5.34.